The van der Waals surface area contributed by atoms with E-state index < -0.39 is 5.97 Å². The number of unbranched alkanes of at least 4 members (excludes halogenated alkanes) is 1. The minimum absolute atomic E-state index is 0.000602. The number of aliphatic carboxylic acids is 1. The summed E-state index contributed by atoms with van der Waals surface area (Å²) in [5, 5.41) is 18.3. The maximum Gasteiger partial charge on any atom is 0.303 e. The van der Waals surface area contributed by atoms with E-state index in [4.69, 9.17) is 10.2 Å². The van der Waals surface area contributed by atoms with E-state index in [9.17, 15) is 9.59 Å². The van der Waals surface area contributed by atoms with E-state index in [1.54, 1.807) is 4.90 Å². The van der Waals surface area contributed by atoms with Gasteiger partial charge in [-0.3, -0.25) is 9.59 Å². The number of amides is 1. The molecule has 122 valence electrons. The van der Waals surface area contributed by atoms with Gasteiger partial charge >= 0.3 is 5.97 Å². The Morgan fingerprint density at radius 1 is 1.10 bits per heavy atom. The van der Waals surface area contributed by atoms with Gasteiger partial charge in [-0.2, -0.15) is 0 Å². The summed E-state index contributed by atoms with van der Waals surface area (Å²) < 4.78 is 0. The molecule has 1 aliphatic carbocycles. The molecule has 2 N–H and O–H groups in total. The Morgan fingerprint density at radius 3 is 2.29 bits per heavy atom. The van der Waals surface area contributed by atoms with E-state index in [1.165, 1.54) is 0 Å². The second-order valence-electron chi connectivity index (χ2n) is 6.27. The SMILES string of the molecule is CCCCN(CCO)C(=O)CC1(CC(=O)O)CCCCC1. The van der Waals surface area contributed by atoms with Crippen LogP contribution in [-0.4, -0.2) is 46.7 Å². The van der Waals surface area contributed by atoms with Gasteiger partial charge in [0.05, 0.1) is 13.0 Å². The molecule has 0 aromatic rings. The topological polar surface area (TPSA) is 77.8 Å². The molecular formula is C16H29NO4. The fourth-order valence-electron chi connectivity index (χ4n) is 3.30. The summed E-state index contributed by atoms with van der Waals surface area (Å²) in [6.45, 7) is 3.02. The maximum absolute atomic E-state index is 12.5. The molecule has 5 heteroatoms. The third-order valence-electron chi connectivity index (χ3n) is 4.47. The van der Waals surface area contributed by atoms with Gasteiger partial charge in [-0.15, -0.1) is 0 Å². The van der Waals surface area contributed by atoms with Crippen LogP contribution in [0.15, 0.2) is 0 Å². The molecule has 0 radical (unpaired) electrons. The van der Waals surface area contributed by atoms with Crippen molar-refractivity contribution in [3.8, 4) is 0 Å². The van der Waals surface area contributed by atoms with Gasteiger partial charge in [-0.25, -0.2) is 0 Å². The van der Waals surface area contributed by atoms with Crippen molar-refractivity contribution >= 4 is 11.9 Å². The number of nitrogens with zero attached hydrogens (tertiary/aromatic N) is 1. The number of aliphatic hydroxyl groups excluding tert-OH is 1. The molecule has 0 aromatic heterocycles. The highest BCUT2D eigenvalue weighted by Crippen LogP contribution is 2.42. The average molecular weight is 299 g/mol. The van der Waals surface area contributed by atoms with Crippen LogP contribution >= 0.6 is 0 Å². The van der Waals surface area contributed by atoms with Crippen molar-refractivity contribution in [2.45, 2.75) is 64.7 Å². The van der Waals surface area contributed by atoms with Gasteiger partial charge < -0.3 is 15.1 Å². The van der Waals surface area contributed by atoms with Crippen molar-refractivity contribution in [1.29, 1.82) is 0 Å². The maximum atomic E-state index is 12.5. The third-order valence-corrected chi connectivity index (χ3v) is 4.47. The molecule has 0 heterocycles. The first-order valence-electron chi connectivity index (χ1n) is 8.13. The van der Waals surface area contributed by atoms with Crippen LogP contribution in [-0.2, 0) is 9.59 Å². The van der Waals surface area contributed by atoms with Crippen LogP contribution in [0.3, 0.4) is 0 Å². The van der Waals surface area contributed by atoms with Crippen LogP contribution in [0.5, 0.6) is 0 Å². The fraction of sp³-hybridized carbons (Fsp3) is 0.875. The van der Waals surface area contributed by atoms with Gasteiger partial charge in [-0.1, -0.05) is 32.6 Å². The number of hydrogen-bond donors (Lipinski definition) is 2. The number of hydrogen-bond acceptors (Lipinski definition) is 3. The first kappa shape index (κ1) is 18.0. The molecule has 0 bridgehead atoms. The molecule has 0 aliphatic heterocycles. The number of rotatable bonds is 9. The van der Waals surface area contributed by atoms with E-state index in [-0.39, 0.29) is 24.3 Å². The summed E-state index contributed by atoms with van der Waals surface area (Å²) in [7, 11) is 0. The molecule has 0 atom stereocenters. The van der Waals surface area contributed by atoms with Gasteiger partial charge in [0.2, 0.25) is 5.91 Å². The van der Waals surface area contributed by atoms with Gasteiger partial charge in [0.15, 0.2) is 0 Å². The van der Waals surface area contributed by atoms with E-state index in [2.05, 4.69) is 6.92 Å². The molecule has 0 aromatic carbocycles. The summed E-state index contributed by atoms with van der Waals surface area (Å²) >= 11 is 0. The van der Waals surface area contributed by atoms with E-state index in [0.29, 0.717) is 19.5 Å². The van der Waals surface area contributed by atoms with Crippen LogP contribution in [0, 0.1) is 5.41 Å². The second-order valence-corrected chi connectivity index (χ2v) is 6.27. The van der Waals surface area contributed by atoms with E-state index in [0.717, 1.165) is 44.9 Å². The van der Waals surface area contributed by atoms with Crippen molar-refractivity contribution in [1.82, 2.24) is 4.90 Å². The van der Waals surface area contributed by atoms with E-state index in [1.807, 2.05) is 0 Å². The first-order valence-corrected chi connectivity index (χ1v) is 8.13. The second kappa shape index (κ2) is 9.03. The molecule has 5 nitrogen and oxygen atoms in total. The Bertz CT molecular complexity index is 337. The molecule has 0 saturated heterocycles. The molecule has 21 heavy (non-hydrogen) atoms. The standard InChI is InChI=1S/C16H29NO4/c1-2-3-9-17(10-11-18)14(19)12-16(13-15(20)21)7-5-4-6-8-16/h18H,2-13H2,1H3,(H,20,21). The fourth-order valence-corrected chi connectivity index (χ4v) is 3.30. The molecular weight excluding hydrogens is 270 g/mol. The number of carboxylic acid groups (broad SMARTS) is 1. The summed E-state index contributed by atoms with van der Waals surface area (Å²) in [5.41, 5.74) is -0.374. The van der Waals surface area contributed by atoms with E-state index >= 15 is 0 Å². The molecule has 1 saturated carbocycles. The highest BCUT2D eigenvalue weighted by molar-refractivity contribution is 5.78. The minimum atomic E-state index is -0.813. The normalized spacial score (nSPS) is 17.4. The average Bonchev–Trinajstić information content (AvgIpc) is 2.43. The number of carbonyl (C=O) groups is 2. The number of carboxylic acids is 1. The van der Waals surface area contributed by atoms with Gasteiger partial charge in [0.25, 0.3) is 0 Å². The van der Waals surface area contributed by atoms with Gasteiger partial charge in [0.1, 0.15) is 0 Å². The monoisotopic (exact) mass is 299 g/mol. The van der Waals surface area contributed by atoms with Crippen molar-refractivity contribution in [2.24, 2.45) is 5.41 Å². The quantitative estimate of drug-likeness (QED) is 0.685. The summed E-state index contributed by atoms with van der Waals surface area (Å²) in [5.74, 6) is -0.812. The zero-order chi connectivity index (χ0) is 15.7. The Morgan fingerprint density at radius 2 is 1.76 bits per heavy atom. The van der Waals surface area contributed by atoms with Gasteiger partial charge in [-0.05, 0) is 24.7 Å². The van der Waals surface area contributed by atoms with Crippen LogP contribution in [0.2, 0.25) is 0 Å². The first-order chi connectivity index (χ1) is 10.0. The Balaban J connectivity index is 2.70. The summed E-state index contributed by atoms with van der Waals surface area (Å²) in [6, 6.07) is 0. The smallest absolute Gasteiger partial charge is 0.303 e. The van der Waals surface area contributed by atoms with Crippen LogP contribution in [0.4, 0.5) is 0 Å². The van der Waals surface area contributed by atoms with Gasteiger partial charge in [0, 0.05) is 19.5 Å². The van der Waals surface area contributed by atoms with Crippen molar-refractivity contribution < 1.29 is 19.8 Å². The van der Waals surface area contributed by atoms with Crippen LogP contribution in [0.25, 0.3) is 0 Å². The van der Waals surface area contributed by atoms with Crippen molar-refractivity contribution in [3.05, 3.63) is 0 Å². The van der Waals surface area contributed by atoms with Crippen LogP contribution in [0.1, 0.15) is 64.7 Å². The summed E-state index contributed by atoms with van der Waals surface area (Å²) in [4.78, 5) is 25.4. The number of aliphatic hydroxyl groups is 1. The highest BCUT2D eigenvalue weighted by Gasteiger charge is 2.37. The summed E-state index contributed by atoms with van der Waals surface area (Å²) in [6.07, 6.45) is 7.10. The van der Waals surface area contributed by atoms with Crippen molar-refractivity contribution in [3.63, 3.8) is 0 Å². The zero-order valence-corrected chi connectivity index (χ0v) is 13.1. The van der Waals surface area contributed by atoms with Crippen molar-refractivity contribution in [2.75, 3.05) is 19.7 Å². The Hall–Kier alpha value is -1.10. The lowest BCUT2D eigenvalue weighted by Crippen LogP contribution is -2.39. The molecule has 1 aliphatic rings. The molecule has 1 rings (SSSR count). The predicted molar refractivity (Wildman–Crippen MR) is 81.0 cm³/mol. The predicted octanol–water partition coefficient (Wildman–Crippen LogP) is 2.42. The molecule has 0 unspecified atom stereocenters. The van der Waals surface area contributed by atoms with Crippen LogP contribution < -0.4 is 0 Å². The minimum Gasteiger partial charge on any atom is -0.481 e. The lowest BCUT2D eigenvalue weighted by molar-refractivity contribution is -0.142. The number of carbonyl (C=O) groups excluding carboxylic acids is 1. The lowest BCUT2D eigenvalue weighted by Gasteiger charge is -2.37. The molecule has 1 fully saturated rings. The highest BCUT2D eigenvalue weighted by atomic mass is 16.4. The largest absolute Gasteiger partial charge is 0.481 e. The molecule has 1 amide bonds. The third kappa shape index (κ3) is 6.04. The zero-order valence-electron chi connectivity index (χ0n) is 13.1. The Kier molecular flexibility index (Phi) is 7.72. The Labute approximate surface area is 127 Å². The lowest BCUT2D eigenvalue weighted by atomic mass is 9.69. The molecule has 0 spiro atoms.